The Labute approximate surface area is 191 Å². The predicted octanol–water partition coefficient (Wildman–Crippen LogP) is -1.82. The van der Waals surface area contributed by atoms with Crippen molar-refractivity contribution < 1.29 is 29.4 Å². The van der Waals surface area contributed by atoms with Gasteiger partial charge in [-0.15, -0.1) is 0 Å². The summed E-state index contributed by atoms with van der Waals surface area (Å²) in [6.07, 6.45) is 2.03. The van der Waals surface area contributed by atoms with Gasteiger partial charge in [-0.1, -0.05) is 20.3 Å². The Balaban J connectivity index is 3.06. The Kier molecular flexibility index (Phi) is 11.2. The summed E-state index contributed by atoms with van der Waals surface area (Å²) in [7, 11) is 0. The normalized spacial score (nSPS) is 16.7. The number of aliphatic hydroxyl groups is 1. The van der Waals surface area contributed by atoms with E-state index in [1.807, 2.05) is 0 Å². The third kappa shape index (κ3) is 8.13. The molecule has 0 aromatic carbocycles. The number of carboxylic acid groups (broad SMARTS) is 1. The number of rotatable bonds is 13. The van der Waals surface area contributed by atoms with Gasteiger partial charge in [0.2, 0.25) is 17.7 Å². The highest BCUT2D eigenvalue weighted by Crippen LogP contribution is 2.09. The molecular formula is C19H32N6O6S. The number of nitrogens with one attached hydrogen (secondary N) is 4. The van der Waals surface area contributed by atoms with Gasteiger partial charge < -0.3 is 36.9 Å². The summed E-state index contributed by atoms with van der Waals surface area (Å²) in [5.74, 6) is -3.80. The number of nitrogens with zero attached hydrogens (tertiary/aromatic N) is 1. The standard InChI is InChI=1S/C19H32N6O6S/c1-4-9(2)14(19(30)31)24-17(28)13(5-11-6-21-8-22-11)23-18(29)15(10(3)26)25-16(27)12(20)7-32/h6,8-10,12-15,26,32H,4-5,7,20H2,1-3H3,(H,21,22)(H,23,29)(H,24,28)(H,25,27)(H,30,31). The maximum Gasteiger partial charge on any atom is 0.326 e. The lowest BCUT2D eigenvalue weighted by Gasteiger charge is -2.27. The number of aromatic nitrogens is 2. The summed E-state index contributed by atoms with van der Waals surface area (Å²) >= 11 is 3.93. The molecule has 8 N–H and O–H groups in total. The number of aliphatic hydroxyl groups excluding tert-OH is 1. The molecule has 0 aliphatic rings. The molecule has 12 nitrogen and oxygen atoms in total. The minimum atomic E-state index is -1.39. The smallest absolute Gasteiger partial charge is 0.326 e. The second-order valence-electron chi connectivity index (χ2n) is 7.57. The van der Waals surface area contributed by atoms with Crippen LogP contribution in [0.5, 0.6) is 0 Å². The van der Waals surface area contributed by atoms with Gasteiger partial charge in [0.05, 0.1) is 18.5 Å². The van der Waals surface area contributed by atoms with Crippen molar-refractivity contribution in [1.82, 2.24) is 25.9 Å². The quantitative estimate of drug-likeness (QED) is 0.153. The van der Waals surface area contributed by atoms with Crippen LogP contribution in [0.3, 0.4) is 0 Å². The first-order valence-corrected chi connectivity index (χ1v) is 10.8. The number of H-pyrrole nitrogens is 1. The van der Waals surface area contributed by atoms with Crippen molar-refractivity contribution in [3.8, 4) is 0 Å². The van der Waals surface area contributed by atoms with Crippen molar-refractivity contribution >= 4 is 36.3 Å². The lowest BCUT2D eigenvalue weighted by atomic mass is 9.98. The molecule has 32 heavy (non-hydrogen) atoms. The minimum absolute atomic E-state index is 0.0248. The number of nitrogens with two attached hydrogens (primary N) is 1. The summed E-state index contributed by atoms with van der Waals surface area (Å²) in [5.41, 5.74) is 6.11. The summed E-state index contributed by atoms with van der Waals surface area (Å²) in [6, 6.07) is -4.75. The van der Waals surface area contributed by atoms with Crippen LogP contribution in [0.25, 0.3) is 0 Å². The topological polar surface area (TPSA) is 200 Å². The molecule has 0 saturated carbocycles. The summed E-state index contributed by atoms with van der Waals surface area (Å²) in [4.78, 5) is 56.1. The minimum Gasteiger partial charge on any atom is -0.480 e. The van der Waals surface area contributed by atoms with Crippen molar-refractivity contribution in [2.24, 2.45) is 11.7 Å². The lowest BCUT2D eigenvalue weighted by molar-refractivity contribution is -0.144. The molecule has 0 aliphatic heterocycles. The van der Waals surface area contributed by atoms with Crippen LogP contribution in [-0.2, 0) is 25.6 Å². The van der Waals surface area contributed by atoms with Crippen molar-refractivity contribution in [1.29, 1.82) is 0 Å². The van der Waals surface area contributed by atoms with Crippen LogP contribution < -0.4 is 21.7 Å². The van der Waals surface area contributed by atoms with Crippen LogP contribution in [0.4, 0.5) is 0 Å². The molecule has 1 rings (SSSR count). The molecule has 0 spiro atoms. The van der Waals surface area contributed by atoms with Gasteiger partial charge in [0.25, 0.3) is 0 Å². The van der Waals surface area contributed by atoms with Crippen LogP contribution >= 0.6 is 12.6 Å². The first-order chi connectivity index (χ1) is 15.0. The van der Waals surface area contributed by atoms with E-state index < -0.39 is 54.0 Å². The number of carboxylic acids is 1. The second-order valence-corrected chi connectivity index (χ2v) is 7.93. The van der Waals surface area contributed by atoms with Crippen LogP contribution in [0, 0.1) is 5.92 Å². The molecule has 6 atom stereocenters. The molecule has 0 bridgehead atoms. The van der Waals surface area contributed by atoms with Gasteiger partial charge in [0.15, 0.2) is 0 Å². The Bertz CT molecular complexity index is 774. The Morgan fingerprint density at radius 1 is 1.12 bits per heavy atom. The molecule has 1 heterocycles. The zero-order valence-electron chi connectivity index (χ0n) is 18.2. The molecule has 0 aliphatic carbocycles. The van der Waals surface area contributed by atoms with Gasteiger partial charge in [-0.25, -0.2) is 9.78 Å². The van der Waals surface area contributed by atoms with Crippen molar-refractivity contribution in [3.63, 3.8) is 0 Å². The van der Waals surface area contributed by atoms with E-state index in [1.165, 1.54) is 19.4 Å². The van der Waals surface area contributed by atoms with Gasteiger partial charge in [-0.3, -0.25) is 14.4 Å². The fraction of sp³-hybridized carbons (Fsp3) is 0.632. The Hall–Kier alpha value is -2.64. The van der Waals surface area contributed by atoms with Crippen LogP contribution in [0.1, 0.15) is 32.9 Å². The Morgan fingerprint density at radius 3 is 2.22 bits per heavy atom. The molecule has 0 fully saturated rings. The average molecular weight is 473 g/mol. The molecule has 6 unspecified atom stereocenters. The molecule has 1 aromatic rings. The summed E-state index contributed by atoms with van der Waals surface area (Å²) in [5, 5.41) is 26.7. The first kappa shape index (κ1) is 27.4. The fourth-order valence-electron chi connectivity index (χ4n) is 2.77. The number of carbonyl (C=O) groups is 4. The highest BCUT2D eigenvalue weighted by atomic mass is 32.1. The number of aliphatic carboxylic acids is 1. The van der Waals surface area contributed by atoms with E-state index in [0.29, 0.717) is 12.1 Å². The summed E-state index contributed by atoms with van der Waals surface area (Å²) < 4.78 is 0. The SMILES string of the molecule is CCC(C)C(NC(=O)C(Cc1cnc[nH]1)NC(=O)C(NC(=O)C(N)CS)C(C)O)C(=O)O. The largest absolute Gasteiger partial charge is 0.480 e. The number of carbonyl (C=O) groups excluding carboxylic acids is 3. The molecular weight excluding hydrogens is 440 g/mol. The fourth-order valence-corrected chi connectivity index (χ4v) is 2.94. The van der Waals surface area contributed by atoms with E-state index in [0.717, 1.165) is 0 Å². The van der Waals surface area contributed by atoms with Crippen LogP contribution in [0.15, 0.2) is 12.5 Å². The molecule has 0 radical (unpaired) electrons. The third-order valence-electron chi connectivity index (χ3n) is 4.98. The first-order valence-electron chi connectivity index (χ1n) is 10.2. The van der Waals surface area contributed by atoms with Gasteiger partial charge in [-0.05, 0) is 12.8 Å². The molecule has 3 amide bonds. The van der Waals surface area contributed by atoms with E-state index in [4.69, 9.17) is 5.73 Å². The number of hydrogen-bond donors (Lipinski definition) is 8. The van der Waals surface area contributed by atoms with E-state index >= 15 is 0 Å². The van der Waals surface area contributed by atoms with Crippen molar-refractivity contribution in [2.45, 2.75) is 63.9 Å². The lowest BCUT2D eigenvalue weighted by Crippen LogP contribution is -2.60. The number of amides is 3. The van der Waals surface area contributed by atoms with Crippen molar-refractivity contribution in [3.05, 3.63) is 18.2 Å². The highest BCUT2D eigenvalue weighted by Gasteiger charge is 2.33. The van der Waals surface area contributed by atoms with E-state index in [1.54, 1.807) is 13.8 Å². The monoisotopic (exact) mass is 472 g/mol. The van der Waals surface area contributed by atoms with E-state index in [-0.39, 0.29) is 18.1 Å². The van der Waals surface area contributed by atoms with Gasteiger partial charge in [0.1, 0.15) is 18.1 Å². The highest BCUT2D eigenvalue weighted by molar-refractivity contribution is 7.80. The number of thiol groups is 1. The number of aromatic amines is 1. The third-order valence-corrected chi connectivity index (χ3v) is 5.38. The zero-order chi connectivity index (χ0) is 24.4. The van der Waals surface area contributed by atoms with E-state index in [9.17, 15) is 29.4 Å². The van der Waals surface area contributed by atoms with E-state index in [2.05, 4.69) is 38.5 Å². The van der Waals surface area contributed by atoms with Gasteiger partial charge >= 0.3 is 5.97 Å². The maximum absolute atomic E-state index is 12.9. The van der Waals surface area contributed by atoms with Gasteiger partial charge in [-0.2, -0.15) is 12.6 Å². The van der Waals surface area contributed by atoms with Crippen LogP contribution in [-0.4, -0.2) is 79.9 Å². The average Bonchev–Trinajstić information content (AvgIpc) is 3.26. The van der Waals surface area contributed by atoms with Gasteiger partial charge in [0, 0.05) is 24.1 Å². The predicted molar refractivity (Wildman–Crippen MR) is 119 cm³/mol. The zero-order valence-corrected chi connectivity index (χ0v) is 19.1. The molecule has 13 heteroatoms. The van der Waals surface area contributed by atoms with Crippen LogP contribution in [0.2, 0.25) is 0 Å². The molecule has 1 aromatic heterocycles. The summed E-state index contributed by atoms with van der Waals surface area (Å²) in [6.45, 7) is 4.78. The molecule has 0 saturated heterocycles. The maximum atomic E-state index is 12.9. The molecule has 180 valence electrons. The second kappa shape index (κ2) is 13.0. The number of hydrogen-bond acceptors (Lipinski definition) is 8. The number of imidazole rings is 1. The Morgan fingerprint density at radius 2 is 1.75 bits per heavy atom. The van der Waals surface area contributed by atoms with Crippen molar-refractivity contribution in [2.75, 3.05) is 5.75 Å².